The zero-order valence-corrected chi connectivity index (χ0v) is 14.4. The lowest BCUT2D eigenvalue weighted by Crippen LogP contribution is -2.46. The lowest BCUT2D eigenvalue weighted by molar-refractivity contribution is -0.143. The van der Waals surface area contributed by atoms with Crippen LogP contribution in [0.4, 0.5) is 0 Å². The largest absolute Gasteiger partial charge is 0.481 e. The summed E-state index contributed by atoms with van der Waals surface area (Å²) in [7, 11) is 0. The number of rotatable bonds is 7. The Morgan fingerprint density at radius 3 is 2.68 bits per heavy atom. The number of nitrogens with one attached hydrogen (secondary N) is 1. The molecule has 0 saturated heterocycles. The second-order valence-corrected chi connectivity index (χ2v) is 5.85. The quantitative estimate of drug-likeness (QED) is 0.744. The van der Waals surface area contributed by atoms with E-state index in [0.29, 0.717) is 24.2 Å². The molecule has 0 aliphatic heterocycles. The molecule has 0 aliphatic rings. The molecule has 7 heteroatoms. The van der Waals surface area contributed by atoms with Crippen LogP contribution in [-0.4, -0.2) is 29.1 Å². The van der Waals surface area contributed by atoms with Crippen LogP contribution in [0.1, 0.15) is 32.3 Å². The smallest absolute Gasteiger partial charge is 0.336 e. The third kappa shape index (κ3) is 4.59. The number of carboxylic acid groups (broad SMARTS) is 1. The number of aliphatic carboxylic acids is 1. The van der Waals surface area contributed by atoms with Gasteiger partial charge in [-0.2, -0.15) is 0 Å². The number of benzene rings is 1. The van der Waals surface area contributed by atoms with Gasteiger partial charge in [-0.1, -0.05) is 13.3 Å². The van der Waals surface area contributed by atoms with E-state index in [2.05, 4.69) is 5.32 Å². The fraction of sp³-hybridized carbons (Fsp3) is 0.389. The first-order chi connectivity index (χ1) is 11.8. The molecule has 1 heterocycles. The van der Waals surface area contributed by atoms with Gasteiger partial charge in [0.1, 0.15) is 17.4 Å². The first-order valence-corrected chi connectivity index (χ1v) is 8.06. The Bertz CT molecular complexity index is 841. The van der Waals surface area contributed by atoms with Gasteiger partial charge >= 0.3 is 11.6 Å². The molecule has 2 aromatic rings. The average molecular weight is 347 g/mol. The Morgan fingerprint density at radius 2 is 2.04 bits per heavy atom. The molecule has 0 saturated carbocycles. The maximum absolute atomic E-state index is 12.1. The first-order valence-electron chi connectivity index (χ1n) is 8.06. The monoisotopic (exact) mass is 347 g/mol. The molecular formula is C18H21NO6. The van der Waals surface area contributed by atoms with Gasteiger partial charge in [0.05, 0.1) is 0 Å². The van der Waals surface area contributed by atoms with Crippen molar-refractivity contribution < 1.29 is 23.8 Å². The van der Waals surface area contributed by atoms with Crippen molar-refractivity contribution in [1.29, 1.82) is 0 Å². The Balaban J connectivity index is 2.13. The number of aryl methyl sites for hydroxylation is 1. The highest BCUT2D eigenvalue weighted by molar-refractivity contribution is 5.86. The molecule has 1 aromatic heterocycles. The highest BCUT2D eigenvalue weighted by atomic mass is 16.5. The van der Waals surface area contributed by atoms with Crippen LogP contribution in [0.3, 0.4) is 0 Å². The van der Waals surface area contributed by atoms with Crippen LogP contribution in [-0.2, 0) is 9.59 Å². The molecule has 0 radical (unpaired) electrons. The molecule has 7 nitrogen and oxygen atoms in total. The summed E-state index contributed by atoms with van der Waals surface area (Å²) in [5.74, 6) is -1.25. The van der Waals surface area contributed by atoms with E-state index >= 15 is 0 Å². The highest BCUT2D eigenvalue weighted by Crippen LogP contribution is 2.23. The summed E-state index contributed by atoms with van der Waals surface area (Å²) in [5, 5.41) is 12.3. The van der Waals surface area contributed by atoms with E-state index in [1.165, 1.54) is 19.1 Å². The average Bonchev–Trinajstić information content (AvgIpc) is 2.53. The van der Waals surface area contributed by atoms with Crippen LogP contribution >= 0.6 is 0 Å². The van der Waals surface area contributed by atoms with E-state index in [-0.39, 0.29) is 0 Å². The predicted octanol–water partition coefficient (Wildman–Crippen LogP) is 2.24. The Hall–Kier alpha value is -2.83. The van der Waals surface area contributed by atoms with Crippen LogP contribution in [0.2, 0.25) is 0 Å². The van der Waals surface area contributed by atoms with Gasteiger partial charge in [0.25, 0.3) is 5.91 Å². The summed E-state index contributed by atoms with van der Waals surface area (Å²) in [6.45, 7) is 5.17. The van der Waals surface area contributed by atoms with E-state index in [9.17, 15) is 14.4 Å². The molecule has 0 fully saturated rings. The van der Waals surface area contributed by atoms with Crippen molar-refractivity contribution in [1.82, 2.24) is 5.32 Å². The van der Waals surface area contributed by atoms with Crippen LogP contribution in [0.25, 0.3) is 11.0 Å². The fourth-order valence-corrected chi connectivity index (χ4v) is 2.47. The summed E-state index contributed by atoms with van der Waals surface area (Å²) in [6, 6.07) is 5.40. The van der Waals surface area contributed by atoms with E-state index in [1.54, 1.807) is 19.1 Å². The van der Waals surface area contributed by atoms with Crippen molar-refractivity contribution >= 4 is 22.8 Å². The van der Waals surface area contributed by atoms with Crippen LogP contribution in [0, 0.1) is 6.92 Å². The minimum absolute atomic E-state index is 0.341. The van der Waals surface area contributed by atoms with Gasteiger partial charge in [0.15, 0.2) is 6.10 Å². The van der Waals surface area contributed by atoms with Crippen molar-refractivity contribution in [3.05, 3.63) is 40.2 Å². The normalized spacial score (nSPS) is 13.2. The van der Waals surface area contributed by atoms with Crippen molar-refractivity contribution in [3.8, 4) is 5.75 Å². The van der Waals surface area contributed by atoms with E-state index in [0.717, 1.165) is 10.9 Å². The zero-order valence-electron chi connectivity index (χ0n) is 14.4. The number of carbonyl (C=O) groups is 2. The van der Waals surface area contributed by atoms with Crippen molar-refractivity contribution in [2.75, 3.05) is 0 Å². The maximum atomic E-state index is 12.1. The second kappa shape index (κ2) is 7.83. The molecule has 1 amide bonds. The molecule has 2 rings (SSSR count). The standard InChI is InChI=1S/C18H21NO6/c1-4-5-14(18(22)23)19-17(21)11(3)24-12-6-7-13-10(2)8-16(20)25-15(13)9-12/h6-9,11,14H,4-5H2,1-3H3,(H,19,21)(H,22,23)/t11-,14+/m1/s1. The van der Waals surface area contributed by atoms with Crippen LogP contribution in [0.5, 0.6) is 5.75 Å². The number of amides is 1. The van der Waals surface area contributed by atoms with Crippen LogP contribution < -0.4 is 15.7 Å². The highest BCUT2D eigenvalue weighted by Gasteiger charge is 2.23. The van der Waals surface area contributed by atoms with Gasteiger partial charge in [0.2, 0.25) is 0 Å². The molecule has 0 aliphatic carbocycles. The molecular weight excluding hydrogens is 326 g/mol. The third-order valence-electron chi connectivity index (χ3n) is 3.80. The number of carboxylic acids is 1. The van der Waals surface area contributed by atoms with Crippen molar-refractivity contribution in [2.24, 2.45) is 0 Å². The first kappa shape index (κ1) is 18.5. The number of hydrogen-bond donors (Lipinski definition) is 2. The van der Waals surface area contributed by atoms with E-state index < -0.39 is 29.6 Å². The fourth-order valence-electron chi connectivity index (χ4n) is 2.47. The molecule has 134 valence electrons. The Kier molecular flexibility index (Phi) is 5.80. The lowest BCUT2D eigenvalue weighted by Gasteiger charge is -2.18. The van der Waals surface area contributed by atoms with Gasteiger partial charge in [0, 0.05) is 17.5 Å². The van der Waals surface area contributed by atoms with Crippen molar-refractivity contribution in [2.45, 2.75) is 45.8 Å². The summed E-state index contributed by atoms with van der Waals surface area (Å²) in [5.41, 5.74) is 0.689. The third-order valence-corrected chi connectivity index (χ3v) is 3.80. The molecule has 0 unspecified atom stereocenters. The Labute approximate surface area is 144 Å². The SMILES string of the molecule is CCC[C@H](NC(=O)[C@@H](C)Oc1ccc2c(C)cc(=O)oc2c1)C(=O)O. The van der Waals surface area contributed by atoms with Crippen LogP contribution in [0.15, 0.2) is 33.5 Å². The van der Waals surface area contributed by atoms with Gasteiger partial charge < -0.3 is 19.6 Å². The topological polar surface area (TPSA) is 106 Å². The molecule has 2 N–H and O–H groups in total. The molecule has 0 bridgehead atoms. The van der Waals surface area contributed by atoms with Gasteiger partial charge in [-0.3, -0.25) is 4.79 Å². The summed E-state index contributed by atoms with van der Waals surface area (Å²) >= 11 is 0. The molecule has 0 spiro atoms. The molecule has 25 heavy (non-hydrogen) atoms. The maximum Gasteiger partial charge on any atom is 0.336 e. The minimum Gasteiger partial charge on any atom is -0.481 e. The van der Waals surface area contributed by atoms with E-state index in [1.807, 2.05) is 6.92 Å². The number of fused-ring (bicyclic) bond motifs is 1. The Morgan fingerprint density at radius 1 is 1.32 bits per heavy atom. The van der Waals surface area contributed by atoms with E-state index in [4.69, 9.17) is 14.3 Å². The molecule has 1 aromatic carbocycles. The summed E-state index contributed by atoms with van der Waals surface area (Å²) in [6.07, 6.45) is 0.0803. The van der Waals surface area contributed by atoms with Gasteiger partial charge in [-0.25, -0.2) is 9.59 Å². The minimum atomic E-state index is -1.08. The lowest BCUT2D eigenvalue weighted by atomic mass is 10.1. The number of carbonyl (C=O) groups excluding carboxylic acids is 1. The van der Waals surface area contributed by atoms with Gasteiger partial charge in [-0.05, 0) is 38.0 Å². The summed E-state index contributed by atoms with van der Waals surface area (Å²) < 4.78 is 10.7. The second-order valence-electron chi connectivity index (χ2n) is 5.85. The van der Waals surface area contributed by atoms with Crippen molar-refractivity contribution in [3.63, 3.8) is 0 Å². The number of hydrogen-bond acceptors (Lipinski definition) is 5. The van der Waals surface area contributed by atoms with Gasteiger partial charge in [-0.15, -0.1) is 0 Å². The number of ether oxygens (including phenoxy) is 1. The predicted molar refractivity (Wildman–Crippen MR) is 91.8 cm³/mol. The summed E-state index contributed by atoms with van der Waals surface area (Å²) in [4.78, 5) is 34.7. The molecule has 2 atom stereocenters. The zero-order chi connectivity index (χ0) is 18.6.